The third-order valence-electron chi connectivity index (χ3n) is 6.51. The summed E-state index contributed by atoms with van der Waals surface area (Å²) in [6, 6.07) is 0. The number of thioether (sulfide) groups is 1. The molecule has 0 aromatic heterocycles. The number of hydrogen-bond donors (Lipinski definition) is 1. The molecule has 3 aliphatic rings. The molecule has 3 fully saturated rings. The number of amides is 1. The summed E-state index contributed by atoms with van der Waals surface area (Å²) in [5.74, 6) is 1.21. The molecule has 23 heavy (non-hydrogen) atoms. The van der Waals surface area contributed by atoms with Crippen LogP contribution in [0.3, 0.4) is 0 Å². The van der Waals surface area contributed by atoms with Gasteiger partial charge in [0.25, 0.3) is 0 Å². The van der Waals surface area contributed by atoms with E-state index in [0.29, 0.717) is 17.8 Å². The zero-order valence-corrected chi connectivity index (χ0v) is 15.7. The van der Waals surface area contributed by atoms with E-state index in [1.165, 1.54) is 32.1 Å². The lowest BCUT2D eigenvalue weighted by Crippen LogP contribution is -2.76. The van der Waals surface area contributed by atoms with Crippen LogP contribution in [0.2, 0.25) is 0 Å². The number of hydrogen-bond acceptors (Lipinski definition) is 4. The zero-order valence-electron chi connectivity index (χ0n) is 14.9. The van der Waals surface area contributed by atoms with E-state index in [9.17, 15) is 4.79 Å². The van der Waals surface area contributed by atoms with Gasteiger partial charge in [-0.1, -0.05) is 33.1 Å². The van der Waals surface area contributed by atoms with Gasteiger partial charge < -0.3 is 15.4 Å². The van der Waals surface area contributed by atoms with Crippen LogP contribution in [0.4, 0.5) is 0 Å². The quantitative estimate of drug-likeness (QED) is 0.858. The summed E-state index contributed by atoms with van der Waals surface area (Å²) in [6.07, 6.45) is 7.23. The standard InChI is InChI=1S/C18H32N2O2S/c1-4-22-14-12-18(19,16(14,2)3)15(21)20-10-11-23-17(13-20)8-6-5-7-9-17/h14H,4-13,19H2,1-3H3. The van der Waals surface area contributed by atoms with Crippen LogP contribution in [0.25, 0.3) is 0 Å². The summed E-state index contributed by atoms with van der Waals surface area (Å²) in [5.41, 5.74) is 5.57. The van der Waals surface area contributed by atoms with Gasteiger partial charge in [-0.05, 0) is 19.8 Å². The summed E-state index contributed by atoms with van der Waals surface area (Å²) in [7, 11) is 0. The average molecular weight is 341 g/mol. The van der Waals surface area contributed by atoms with Crippen molar-refractivity contribution >= 4 is 17.7 Å². The number of carbonyl (C=O) groups excluding carboxylic acids is 1. The van der Waals surface area contributed by atoms with Crippen molar-refractivity contribution in [1.82, 2.24) is 4.90 Å². The Morgan fingerprint density at radius 2 is 2.00 bits per heavy atom. The molecule has 2 N–H and O–H groups in total. The maximum atomic E-state index is 13.2. The fraction of sp³-hybridized carbons (Fsp3) is 0.944. The monoisotopic (exact) mass is 340 g/mol. The van der Waals surface area contributed by atoms with Crippen molar-refractivity contribution in [1.29, 1.82) is 0 Å². The lowest BCUT2D eigenvalue weighted by molar-refractivity contribution is -0.179. The van der Waals surface area contributed by atoms with Crippen molar-refractivity contribution < 1.29 is 9.53 Å². The Hall–Kier alpha value is -0.260. The van der Waals surface area contributed by atoms with Gasteiger partial charge >= 0.3 is 0 Å². The molecule has 5 heteroatoms. The van der Waals surface area contributed by atoms with E-state index < -0.39 is 5.54 Å². The molecule has 2 saturated carbocycles. The fourth-order valence-electron chi connectivity index (χ4n) is 4.60. The fourth-order valence-corrected chi connectivity index (χ4v) is 6.17. The van der Waals surface area contributed by atoms with Gasteiger partial charge in [-0.2, -0.15) is 11.8 Å². The summed E-state index contributed by atoms with van der Waals surface area (Å²) in [6.45, 7) is 8.60. The second-order valence-corrected chi connectivity index (χ2v) is 9.72. The van der Waals surface area contributed by atoms with Gasteiger partial charge in [0.05, 0.1) is 6.10 Å². The molecular weight excluding hydrogens is 308 g/mol. The molecule has 1 amide bonds. The van der Waals surface area contributed by atoms with Crippen LogP contribution in [0.15, 0.2) is 0 Å². The van der Waals surface area contributed by atoms with Gasteiger partial charge in [0.1, 0.15) is 5.54 Å². The second kappa shape index (κ2) is 6.23. The van der Waals surface area contributed by atoms with Crippen LogP contribution >= 0.6 is 11.8 Å². The topological polar surface area (TPSA) is 55.6 Å². The normalized spacial score (nSPS) is 35.8. The van der Waals surface area contributed by atoms with Crippen molar-refractivity contribution in [3.8, 4) is 0 Å². The highest BCUT2D eigenvalue weighted by Crippen LogP contribution is 2.51. The number of rotatable bonds is 3. The Morgan fingerprint density at radius 1 is 1.30 bits per heavy atom. The number of ether oxygens (including phenoxy) is 1. The lowest BCUT2D eigenvalue weighted by Gasteiger charge is -2.59. The predicted octanol–water partition coefficient (Wildman–Crippen LogP) is 2.80. The molecule has 1 aliphatic heterocycles. The number of carbonyl (C=O) groups is 1. The number of nitrogens with two attached hydrogens (primary N) is 1. The summed E-state index contributed by atoms with van der Waals surface area (Å²) in [4.78, 5) is 15.3. The van der Waals surface area contributed by atoms with Crippen LogP contribution in [-0.4, -0.2) is 52.6 Å². The van der Waals surface area contributed by atoms with Gasteiger partial charge in [-0.15, -0.1) is 0 Å². The summed E-state index contributed by atoms with van der Waals surface area (Å²) >= 11 is 2.09. The van der Waals surface area contributed by atoms with E-state index in [2.05, 4.69) is 30.5 Å². The smallest absolute Gasteiger partial charge is 0.243 e. The molecule has 0 aromatic rings. The Morgan fingerprint density at radius 3 is 2.61 bits per heavy atom. The van der Waals surface area contributed by atoms with Crippen LogP contribution in [0.1, 0.15) is 59.3 Å². The molecule has 0 aromatic carbocycles. The predicted molar refractivity (Wildman–Crippen MR) is 95.6 cm³/mol. The largest absolute Gasteiger partial charge is 0.378 e. The van der Waals surface area contributed by atoms with Crippen LogP contribution < -0.4 is 5.73 Å². The SMILES string of the molecule is CCOC1CC(N)(C(=O)N2CCSC3(CCCCC3)C2)C1(C)C. The molecule has 0 bridgehead atoms. The molecular formula is C18H32N2O2S. The van der Waals surface area contributed by atoms with Crippen LogP contribution in [-0.2, 0) is 9.53 Å². The van der Waals surface area contributed by atoms with Crippen molar-refractivity contribution in [2.24, 2.45) is 11.1 Å². The molecule has 0 radical (unpaired) electrons. The van der Waals surface area contributed by atoms with Crippen molar-refractivity contribution in [3.05, 3.63) is 0 Å². The first-order valence-electron chi connectivity index (χ1n) is 9.18. The highest BCUT2D eigenvalue weighted by molar-refractivity contribution is 8.00. The Balaban J connectivity index is 1.70. The Bertz CT molecular complexity index is 456. The van der Waals surface area contributed by atoms with Gasteiger partial charge in [-0.25, -0.2) is 0 Å². The first kappa shape index (κ1) is 17.6. The van der Waals surface area contributed by atoms with E-state index in [0.717, 1.165) is 18.8 Å². The molecule has 1 spiro atoms. The van der Waals surface area contributed by atoms with Gasteiger partial charge in [-0.3, -0.25) is 4.79 Å². The summed E-state index contributed by atoms with van der Waals surface area (Å²) in [5, 5.41) is 0. The van der Waals surface area contributed by atoms with E-state index in [4.69, 9.17) is 10.5 Å². The van der Waals surface area contributed by atoms with E-state index in [1.807, 2.05) is 6.92 Å². The highest BCUT2D eigenvalue weighted by atomic mass is 32.2. The van der Waals surface area contributed by atoms with Gasteiger partial charge in [0.2, 0.25) is 5.91 Å². The average Bonchev–Trinajstić information content (AvgIpc) is 2.54. The van der Waals surface area contributed by atoms with Gasteiger partial charge in [0.15, 0.2) is 0 Å². The minimum absolute atomic E-state index is 0.101. The van der Waals surface area contributed by atoms with E-state index in [-0.39, 0.29) is 17.4 Å². The Labute approximate surface area is 144 Å². The summed E-state index contributed by atoms with van der Waals surface area (Å²) < 4.78 is 6.08. The molecule has 1 saturated heterocycles. The third-order valence-corrected chi connectivity index (χ3v) is 8.05. The minimum Gasteiger partial charge on any atom is -0.378 e. The zero-order chi connectivity index (χ0) is 16.7. The van der Waals surface area contributed by atoms with Crippen molar-refractivity contribution in [2.45, 2.75) is 75.7 Å². The molecule has 4 nitrogen and oxygen atoms in total. The van der Waals surface area contributed by atoms with E-state index >= 15 is 0 Å². The molecule has 132 valence electrons. The maximum absolute atomic E-state index is 13.2. The minimum atomic E-state index is -0.759. The molecule has 3 rings (SSSR count). The third kappa shape index (κ3) is 2.83. The van der Waals surface area contributed by atoms with E-state index in [1.54, 1.807) is 0 Å². The highest BCUT2D eigenvalue weighted by Gasteiger charge is 2.64. The first-order chi connectivity index (χ1) is 10.8. The van der Waals surface area contributed by atoms with Gasteiger partial charge in [0, 0.05) is 42.0 Å². The number of nitrogens with zero attached hydrogens (tertiary/aromatic N) is 1. The molecule has 2 atom stereocenters. The maximum Gasteiger partial charge on any atom is 0.243 e. The van der Waals surface area contributed by atoms with Crippen LogP contribution in [0, 0.1) is 5.41 Å². The molecule has 1 heterocycles. The second-order valence-electron chi connectivity index (χ2n) is 8.16. The van der Waals surface area contributed by atoms with Crippen molar-refractivity contribution in [3.63, 3.8) is 0 Å². The first-order valence-corrected chi connectivity index (χ1v) is 10.2. The Kier molecular flexibility index (Phi) is 4.76. The molecule has 2 aliphatic carbocycles. The molecule has 2 unspecified atom stereocenters. The van der Waals surface area contributed by atoms with Crippen molar-refractivity contribution in [2.75, 3.05) is 25.4 Å². The van der Waals surface area contributed by atoms with Crippen LogP contribution in [0.5, 0.6) is 0 Å². The lowest BCUT2D eigenvalue weighted by atomic mass is 9.54.